The van der Waals surface area contributed by atoms with Crippen LogP contribution in [0, 0.1) is 5.92 Å². The molecule has 21 heavy (non-hydrogen) atoms. The number of aromatic nitrogens is 2. The summed E-state index contributed by atoms with van der Waals surface area (Å²) in [6, 6.07) is 1.76. The van der Waals surface area contributed by atoms with E-state index >= 15 is 0 Å². The molecule has 1 aromatic heterocycles. The Hall–Kier alpha value is -1.69. The molecule has 0 spiro atoms. The molecule has 2 aliphatic rings. The van der Waals surface area contributed by atoms with Gasteiger partial charge in [0.15, 0.2) is 0 Å². The number of nitrogens with one attached hydrogen (secondary N) is 1. The van der Waals surface area contributed by atoms with Gasteiger partial charge in [0, 0.05) is 38.3 Å². The van der Waals surface area contributed by atoms with Crippen molar-refractivity contribution >= 4 is 5.91 Å². The highest BCUT2D eigenvalue weighted by atomic mass is 16.5. The summed E-state index contributed by atoms with van der Waals surface area (Å²) >= 11 is 0. The molecular formula is C15H21N3O3. The lowest BCUT2D eigenvalue weighted by Gasteiger charge is -2.28. The third-order valence-electron chi connectivity index (χ3n) is 4.39. The van der Waals surface area contributed by atoms with Crippen LogP contribution in [-0.4, -0.2) is 34.9 Å². The van der Waals surface area contributed by atoms with E-state index in [0.717, 1.165) is 36.9 Å². The van der Waals surface area contributed by atoms with Gasteiger partial charge in [-0.1, -0.05) is 0 Å². The second-order valence-corrected chi connectivity index (χ2v) is 5.91. The quantitative estimate of drug-likeness (QED) is 0.843. The van der Waals surface area contributed by atoms with E-state index in [1.165, 1.54) is 4.68 Å². The van der Waals surface area contributed by atoms with Crippen LogP contribution in [-0.2, 0) is 29.4 Å². The van der Waals surface area contributed by atoms with Crippen molar-refractivity contribution in [2.24, 2.45) is 13.0 Å². The van der Waals surface area contributed by atoms with Gasteiger partial charge in [0.1, 0.15) is 0 Å². The topological polar surface area (TPSA) is 73.2 Å². The summed E-state index contributed by atoms with van der Waals surface area (Å²) < 4.78 is 6.66. The summed E-state index contributed by atoms with van der Waals surface area (Å²) in [7, 11) is 1.67. The number of fused-ring (bicyclic) bond motifs is 1. The van der Waals surface area contributed by atoms with Gasteiger partial charge in [-0.2, -0.15) is 5.10 Å². The molecule has 114 valence electrons. The van der Waals surface area contributed by atoms with Gasteiger partial charge < -0.3 is 10.1 Å². The predicted octanol–water partition coefficient (Wildman–Crippen LogP) is 0.180. The Morgan fingerprint density at radius 3 is 2.90 bits per heavy atom. The van der Waals surface area contributed by atoms with Crippen molar-refractivity contribution < 1.29 is 9.53 Å². The highest BCUT2D eigenvalue weighted by Gasteiger charge is 2.26. The Labute approximate surface area is 123 Å². The van der Waals surface area contributed by atoms with E-state index in [9.17, 15) is 9.59 Å². The summed E-state index contributed by atoms with van der Waals surface area (Å²) in [4.78, 5) is 23.9. The standard InChI is InChI=1S/C15H21N3O3/c1-18-14(19)9-11-8-12(2-3-13(11)17-18)16-15(20)10-4-6-21-7-5-10/h9-10,12H,2-8H2,1H3,(H,16,20). The zero-order valence-electron chi connectivity index (χ0n) is 12.3. The third-order valence-corrected chi connectivity index (χ3v) is 4.39. The maximum Gasteiger partial charge on any atom is 0.266 e. The number of hydrogen-bond donors (Lipinski definition) is 1. The Morgan fingerprint density at radius 1 is 1.38 bits per heavy atom. The van der Waals surface area contributed by atoms with Crippen molar-refractivity contribution in [3.8, 4) is 0 Å². The zero-order chi connectivity index (χ0) is 14.8. The summed E-state index contributed by atoms with van der Waals surface area (Å²) in [5.41, 5.74) is 1.86. The fraction of sp³-hybridized carbons (Fsp3) is 0.667. The maximum atomic E-state index is 12.3. The summed E-state index contributed by atoms with van der Waals surface area (Å²) in [5.74, 6) is 0.199. The second kappa shape index (κ2) is 5.97. The van der Waals surface area contributed by atoms with Crippen LogP contribution in [0.25, 0.3) is 0 Å². The van der Waals surface area contributed by atoms with Gasteiger partial charge in [-0.3, -0.25) is 9.59 Å². The van der Waals surface area contributed by atoms with Gasteiger partial charge in [-0.05, 0) is 37.7 Å². The van der Waals surface area contributed by atoms with E-state index in [1.807, 2.05) is 0 Å². The first-order valence-electron chi connectivity index (χ1n) is 7.57. The Balaban J connectivity index is 1.64. The molecule has 1 atom stereocenters. The van der Waals surface area contributed by atoms with Gasteiger partial charge in [-0.25, -0.2) is 4.68 Å². The summed E-state index contributed by atoms with van der Waals surface area (Å²) in [6.45, 7) is 1.34. The summed E-state index contributed by atoms with van der Waals surface area (Å²) in [5, 5.41) is 7.42. The van der Waals surface area contributed by atoms with E-state index in [-0.39, 0.29) is 23.4 Å². The highest BCUT2D eigenvalue weighted by molar-refractivity contribution is 5.79. The number of carbonyl (C=O) groups is 1. The molecule has 6 heteroatoms. The van der Waals surface area contributed by atoms with Crippen LogP contribution >= 0.6 is 0 Å². The van der Waals surface area contributed by atoms with Gasteiger partial charge in [0.05, 0.1) is 5.69 Å². The Bertz CT molecular complexity index is 590. The molecule has 0 radical (unpaired) electrons. The molecule has 0 saturated carbocycles. The lowest BCUT2D eigenvalue weighted by Crippen LogP contribution is -2.43. The minimum Gasteiger partial charge on any atom is -0.381 e. The predicted molar refractivity (Wildman–Crippen MR) is 77.0 cm³/mol. The number of rotatable bonds is 2. The van der Waals surface area contributed by atoms with Crippen molar-refractivity contribution in [3.05, 3.63) is 27.7 Å². The molecule has 1 unspecified atom stereocenters. The summed E-state index contributed by atoms with van der Waals surface area (Å²) in [6.07, 6.45) is 4.00. The molecule has 3 rings (SSSR count). The van der Waals surface area contributed by atoms with Crippen LogP contribution in [0.2, 0.25) is 0 Å². The number of aryl methyl sites for hydroxylation is 2. The maximum absolute atomic E-state index is 12.3. The van der Waals surface area contributed by atoms with E-state index in [2.05, 4.69) is 10.4 Å². The van der Waals surface area contributed by atoms with Crippen molar-refractivity contribution in [1.82, 2.24) is 15.1 Å². The van der Waals surface area contributed by atoms with Crippen LogP contribution < -0.4 is 10.9 Å². The Morgan fingerprint density at radius 2 is 2.14 bits per heavy atom. The van der Waals surface area contributed by atoms with Crippen molar-refractivity contribution in [2.75, 3.05) is 13.2 Å². The van der Waals surface area contributed by atoms with E-state index in [1.54, 1.807) is 13.1 Å². The lowest BCUT2D eigenvalue weighted by atomic mass is 9.91. The lowest BCUT2D eigenvalue weighted by molar-refractivity contribution is -0.128. The van der Waals surface area contributed by atoms with Crippen LogP contribution in [0.15, 0.2) is 10.9 Å². The number of amides is 1. The van der Waals surface area contributed by atoms with Crippen LogP contribution in [0.5, 0.6) is 0 Å². The Kier molecular flexibility index (Phi) is 4.05. The van der Waals surface area contributed by atoms with Crippen molar-refractivity contribution in [1.29, 1.82) is 0 Å². The molecule has 2 heterocycles. The first kappa shape index (κ1) is 14.3. The first-order chi connectivity index (χ1) is 10.1. The third kappa shape index (κ3) is 3.15. The van der Waals surface area contributed by atoms with Crippen molar-refractivity contribution in [3.63, 3.8) is 0 Å². The number of ether oxygens (including phenoxy) is 1. The molecule has 1 fully saturated rings. The first-order valence-corrected chi connectivity index (χ1v) is 7.57. The average Bonchev–Trinajstić information content (AvgIpc) is 2.49. The number of carbonyl (C=O) groups excluding carboxylic acids is 1. The van der Waals surface area contributed by atoms with Gasteiger partial charge in [0.2, 0.25) is 5.91 Å². The number of nitrogens with zero attached hydrogens (tertiary/aromatic N) is 2. The van der Waals surface area contributed by atoms with Gasteiger partial charge in [0.25, 0.3) is 5.56 Å². The van der Waals surface area contributed by atoms with E-state index in [0.29, 0.717) is 19.6 Å². The van der Waals surface area contributed by atoms with E-state index < -0.39 is 0 Å². The van der Waals surface area contributed by atoms with Gasteiger partial charge in [-0.15, -0.1) is 0 Å². The second-order valence-electron chi connectivity index (χ2n) is 5.91. The minimum absolute atomic E-state index is 0.0712. The molecule has 1 saturated heterocycles. The normalized spacial score (nSPS) is 22.6. The fourth-order valence-corrected chi connectivity index (χ4v) is 3.09. The largest absolute Gasteiger partial charge is 0.381 e. The minimum atomic E-state index is -0.0924. The molecule has 0 bridgehead atoms. The van der Waals surface area contributed by atoms with Crippen LogP contribution in [0.3, 0.4) is 0 Å². The van der Waals surface area contributed by atoms with Crippen molar-refractivity contribution in [2.45, 2.75) is 38.1 Å². The molecule has 1 aliphatic carbocycles. The monoisotopic (exact) mass is 291 g/mol. The molecule has 1 N–H and O–H groups in total. The van der Waals surface area contributed by atoms with Crippen LogP contribution in [0.4, 0.5) is 0 Å². The van der Waals surface area contributed by atoms with E-state index in [4.69, 9.17) is 4.74 Å². The SMILES string of the molecule is Cn1nc2c(cc1=O)CC(NC(=O)C1CCOCC1)CC2. The molecule has 6 nitrogen and oxygen atoms in total. The smallest absolute Gasteiger partial charge is 0.266 e. The molecule has 1 aliphatic heterocycles. The average molecular weight is 291 g/mol. The molecular weight excluding hydrogens is 270 g/mol. The number of hydrogen-bond acceptors (Lipinski definition) is 4. The van der Waals surface area contributed by atoms with Crippen LogP contribution in [0.1, 0.15) is 30.5 Å². The molecule has 1 amide bonds. The zero-order valence-corrected chi connectivity index (χ0v) is 12.3. The fourth-order valence-electron chi connectivity index (χ4n) is 3.09. The highest BCUT2D eigenvalue weighted by Crippen LogP contribution is 2.20. The molecule has 1 aromatic rings. The van der Waals surface area contributed by atoms with Gasteiger partial charge >= 0.3 is 0 Å². The molecule has 0 aromatic carbocycles.